The molecule has 0 radical (unpaired) electrons. The molecule has 2 aromatic rings. The Morgan fingerprint density at radius 3 is 2.00 bits per heavy atom. The second-order valence-electron chi connectivity index (χ2n) is 7.84. The monoisotopic (exact) mass is 368 g/mol. The van der Waals surface area contributed by atoms with Gasteiger partial charge in [0.1, 0.15) is 0 Å². The molecule has 0 nitrogen and oxygen atoms in total. The number of allylic oxidation sites excluding steroid dienone is 1. The number of benzene rings is 2. The Balaban J connectivity index is 1.58. The molecule has 0 atom stereocenters. The Morgan fingerprint density at radius 2 is 1.44 bits per heavy atom. The lowest BCUT2D eigenvalue weighted by Gasteiger charge is -2.27. The topological polar surface area (TPSA) is 0 Å². The molecule has 0 N–H and O–H groups in total. The van der Waals surface area contributed by atoms with Gasteiger partial charge in [-0.1, -0.05) is 68.3 Å². The first-order chi connectivity index (χ1) is 13.2. The molecule has 0 aromatic heterocycles. The summed E-state index contributed by atoms with van der Waals surface area (Å²) in [6.07, 6.45) is 8.33. The first kappa shape index (κ1) is 19.8. The second-order valence-corrected chi connectivity index (χ2v) is 7.84. The van der Waals surface area contributed by atoms with E-state index in [4.69, 9.17) is 0 Å². The van der Waals surface area contributed by atoms with E-state index in [-0.39, 0.29) is 5.92 Å². The summed E-state index contributed by atoms with van der Waals surface area (Å²) in [5.41, 5.74) is 5.26. The SMILES string of the molecule is CCCCCc1ccc(-c2ccc(C3CCC(C=C(F)F)CC3)cc2)cc1. The molecular formula is C25H30F2. The first-order valence-corrected chi connectivity index (χ1v) is 10.4. The number of halogens is 2. The molecule has 0 saturated heterocycles. The summed E-state index contributed by atoms with van der Waals surface area (Å²) in [7, 11) is 0. The summed E-state index contributed by atoms with van der Waals surface area (Å²) in [6.45, 7) is 2.24. The van der Waals surface area contributed by atoms with Gasteiger partial charge < -0.3 is 0 Å². The van der Waals surface area contributed by atoms with Gasteiger partial charge in [-0.25, -0.2) is 0 Å². The Kier molecular flexibility index (Phi) is 7.20. The largest absolute Gasteiger partial charge is 0.266 e. The molecule has 1 saturated carbocycles. The number of hydrogen-bond donors (Lipinski definition) is 0. The summed E-state index contributed by atoms with van der Waals surface area (Å²) < 4.78 is 24.8. The molecule has 2 heteroatoms. The number of aryl methyl sites for hydroxylation is 1. The van der Waals surface area contributed by atoms with Crippen molar-refractivity contribution >= 4 is 0 Å². The summed E-state index contributed by atoms with van der Waals surface area (Å²) in [5, 5.41) is 0. The van der Waals surface area contributed by atoms with Gasteiger partial charge in [0, 0.05) is 0 Å². The minimum atomic E-state index is -1.53. The van der Waals surface area contributed by atoms with Gasteiger partial charge in [0.05, 0.1) is 0 Å². The number of hydrogen-bond acceptors (Lipinski definition) is 0. The second kappa shape index (κ2) is 9.82. The van der Waals surface area contributed by atoms with Gasteiger partial charge in [0.2, 0.25) is 0 Å². The predicted molar refractivity (Wildman–Crippen MR) is 110 cm³/mol. The maximum absolute atomic E-state index is 12.4. The molecule has 0 unspecified atom stereocenters. The molecule has 0 heterocycles. The minimum absolute atomic E-state index is 0.0568. The minimum Gasteiger partial charge on any atom is -0.174 e. The van der Waals surface area contributed by atoms with E-state index in [1.807, 2.05) is 0 Å². The van der Waals surface area contributed by atoms with Crippen LogP contribution in [-0.2, 0) is 6.42 Å². The molecule has 1 aliphatic carbocycles. The van der Waals surface area contributed by atoms with Crippen molar-refractivity contribution in [2.24, 2.45) is 5.92 Å². The van der Waals surface area contributed by atoms with Gasteiger partial charge in [-0.15, -0.1) is 0 Å². The molecule has 0 spiro atoms. The molecule has 0 amide bonds. The van der Waals surface area contributed by atoms with Crippen LogP contribution in [-0.4, -0.2) is 0 Å². The smallest absolute Gasteiger partial charge is 0.174 e. The van der Waals surface area contributed by atoms with E-state index < -0.39 is 6.08 Å². The molecular weight excluding hydrogens is 338 g/mol. The van der Waals surface area contributed by atoms with Crippen molar-refractivity contribution in [2.45, 2.75) is 64.2 Å². The lowest BCUT2D eigenvalue weighted by molar-refractivity contribution is 0.351. The molecule has 144 valence electrons. The summed E-state index contributed by atoms with van der Waals surface area (Å²) in [5.74, 6) is 0.564. The first-order valence-electron chi connectivity index (χ1n) is 10.4. The van der Waals surface area contributed by atoms with Crippen LogP contribution in [0.5, 0.6) is 0 Å². The summed E-state index contributed by atoms with van der Waals surface area (Å²) in [6, 6.07) is 17.8. The van der Waals surface area contributed by atoms with E-state index in [9.17, 15) is 8.78 Å². The molecule has 3 rings (SSSR count). The lowest BCUT2D eigenvalue weighted by atomic mass is 9.78. The zero-order valence-corrected chi connectivity index (χ0v) is 16.3. The van der Waals surface area contributed by atoms with E-state index in [1.54, 1.807) is 0 Å². The van der Waals surface area contributed by atoms with Crippen LogP contribution in [0.1, 0.15) is 68.9 Å². The molecule has 27 heavy (non-hydrogen) atoms. The number of rotatable bonds is 7. The quantitative estimate of drug-likeness (QED) is 0.433. The zero-order chi connectivity index (χ0) is 19.1. The van der Waals surface area contributed by atoms with Gasteiger partial charge >= 0.3 is 0 Å². The fraction of sp³-hybridized carbons (Fsp3) is 0.440. The molecule has 2 aromatic carbocycles. The fourth-order valence-corrected chi connectivity index (χ4v) is 4.19. The third-order valence-corrected chi connectivity index (χ3v) is 5.87. The van der Waals surface area contributed by atoms with Crippen LogP contribution in [0.2, 0.25) is 0 Å². The van der Waals surface area contributed by atoms with E-state index in [1.165, 1.54) is 41.5 Å². The van der Waals surface area contributed by atoms with Crippen molar-refractivity contribution in [1.82, 2.24) is 0 Å². The average molecular weight is 369 g/mol. The Bertz CT molecular complexity index is 716. The molecule has 1 aliphatic rings. The highest BCUT2D eigenvalue weighted by atomic mass is 19.3. The van der Waals surface area contributed by atoms with E-state index in [0.29, 0.717) is 5.92 Å². The molecule has 0 aliphatic heterocycles. The van der Waals surface area contributed by atoms with Crippen molar-refractivity contribution in [3.63, 3.8) is 0 Å². The van der Waals surface area contributed by atoms with Gasteiger partial charge in [-0.2, -0.15) is 8.78 Å². The van der Waals surface area contributed by atoms with Crippen LogP contribution in [0.15, 0.2) is 60.7 Å². The van der Waals surface area contributed by atoms with Crippen LogP contribution in [0.3, 0.4) is 0 Å². The van der Waals surface area contributed by atoms with E-state index in [2.05, 4.69) is 55.5 Å². The highest BCUT2D eigenvalue weighted by Crippen LogP contribution is 2.37. The summed E-state index contributed by atoms with van der Waals surface area (Å²) in [4.78, 5) is 0. The fourth-order valence-electron chi connectivity index (χ4n) is 4.19. The van der Waals surface area contributed by atoms with E-state index >= 15 is 0 Å². The van der Waals surface area contributed by atoms with Crippen molar-refractivity contribution in [1.29, 1.82) is 0 Å². The third-order valence-electron chi connectivity index (χ3n) is 5.87. The van der Waals surface area contributed by atoms with Gasteiger partial charge in [0.25, 0.3) is 6.08 Å². The van der Waals surface area contributed by atoms with Crippen molar-refractivity contribution < 1.29 is 8.78 Å². The molecule has 1 fully saturated rings. The standard InChI is InChI=1S/C25H30F2/c1-2-3-4-5-19-6-10-21(11-7-19)23-14-16-24(17-15-23)22-12-8-20(9-13-22)18-25(26)27/h6-7,10-11,14-18,20,22H,2-5,8-9,12-13H2,1H3. The van der Waals surface area contributed by atoms with Gasteiger partial charge in [-0.3, -0.25) is 0 Å². The highest BCUT2D eigenvalue weighted by Gasteiger charge is 2.21. The highest BCUT2D eigenvalue weighted by molar-refractivity contribution is 5.64. The maximum Gasteiger partial charge on any atom is 0.266 e. The Hall–Kier alpha value is -1.96. The third kappa shape index (κ3) is 5.76. The predicted octanol–water partition coefficient (Wildman–Crippen LogP) is 8.14. The van der Waals surface area contributed by atoms with Crippen molar-refractivity contribution in [2.75, 3.05) is 0 Å². The van der Waals surface area contributed by atoms with Gasteiger partial charge in [0.15, 0.2) is 0 Å². The van der Waals surface area contributed by atoms with Crippen LogP contribution in [0.25, 0.3) is 11.1 Å². The Labute approximate surface area is 162 Å². The van der Waals surface area contributed by atoms with Gasteiger partial charge in [-0.05, 0) is 78.7 Å². The Morgan fingerprint density at radius 1 is 0.852 bits per heavy atom. The van der Waals surface area contributed by atoms with E-state index in [0.717, 1.165) is 38.2 Å². The average Bonchev–Trinajstić information content (AvgIpc) is 2.69. The number of unbranched alkanes of at least 4 members (excludes halogenated alkanes) is 2. The maximum atomic E-state index is 12.4. The zero-order valence-electron chi connectivity index (χ0n) is 16.3. The van der Waals surface area contributed by atoms with Crippen LogP contribution in [0.4, 0.5) is 8.78 Å². The van der Waals surface area contributed by atoms with Crippen LogP contribution < -0.4 is 0 Å². The van der Waals surface area contributed by atoms with Crippen LogP contribution in [0, 0.1) is 5.92 Å². The van der Waals surface area contributed by atoms with Crippen molar-refractivity contribution in [3.05, 3.63) is 71.8 Å². The van der Waals surface area contributed by atoms with Crippen molar-refractivity contribution in [3.8, 4) is 11.1 Å². The lowest BCUT2D eigenvalue weighted by Crippen LogP contribution is -2.11. The normalized spacial score (nSPS) is 19.7. The molecule has 0 bridgehead atoms. The van der Waals surface area contributed by atoms with Crippen LogP contribution >= 0.6 is 0 Å². The summed E-state index contributed by atoms with van der Waals surface area (Å²) >= 11 is 0.